The Morgan fingerprint density at radius 2 is 2.26 bits per heavy atom. The van der Waals surface area contributed by atoms with E-state index in [1.54, 1.807) is 25.1 Å². The van der Waals surface area contributed by atoms with Crippen LogP contribution in [0.5, 0.6) is 0 Å². The van der Waals surface area contributed by atoms with Crippen molar-refractivity contribution < 1.29 is 18.4 Å². The van der Waals surface area contributed by atoms with Crippen molar-refractivity contribution in [1.29, 1.82) is 0 Å². The molecule has 1 amide bonds. The number of carbonyl (C=O) groups excluding carboxylic acids is 1. The smallest absolute Gasteiger partial charge is 0.252 e. The van der Waals surface area contributed by atoms with Gasteiger partial charge in [0.25, 0.3) is 5.91 Å². The molecule has 1 N–H and O–H groups in total. The molecule has 6 heteroatoms. The summed E-state index contributed by atoms with van der Waals surface area (Å²) in [7, 11) is 0. The van der Waals surface area contributed by atoms with Gasteiger partial charge in [-0.25, -0.2) is 4.39 Å². The largest absolute Gasteiger partial charge is 0.365 e. The number of nitrogens with one attached hydrogen (secondary N) is 1. The summed E-state index contributed by atoms with van der Waals surface area (Å²) < 4.78 is 24.0. The van der Waals surface area contributed by atoms with Crippen molar-refractivity contribution in [3.8, 4) is 11.3 Å². The third-order valence-electron chi connectivity index (χ3n) is 4.05. The van der Waals surface area contributed by atoms with Gasteiger partial charge in [0.05, 0.1) is 6.54 Å². The first-order valence-electron chi connectivity index (χ1n) is 7.71. The van der Waals surface area contributed by atoms with Gasteiger partial charge in [0.1, 0.15) is 17.1 Å². The fourth-order valence-corrected chi connectivity index (χ4v) is 2.65. The van der Waals surface area contributed by atoms with Crippen LogP contribution < -0.4 is 5.32 Å². The molecule has 5 nitrogen and oxygen atoms in total. The lowest BCUT2D eigenvalue weighted by Gasteiger charge is -2.32. The number of rotatable bonds is 4. The van der Waals surface area contributed by atoms with Crippen LogP contribution in [0.25, 0.3) is 11.3 Å². The first kappa shape index (κ1) is 15.7. The van der Waals surface area contributed by atoms with E-state index in [1.165, 1.54) is 12.1 Å². The molecular weight excluding hydrogens is 299 g/mol. The molecule has 0 bridgehead atoms. The number of aromatic nitrogens is 1. The van der Waals surface area contributed by atoms with Crippen molar-refractivity contribution in [1.82, 2.24) is 10.5 Å². The molecule has 0 spiro atoms. The lowest BCUT2D eigenvalue weighted by molar-refractivity contribution is -0.150. The van der Waals surface area contributed by atoms with E-state index in [-0.39, 0.29) is 18.3 Å². The summed E-state index contributed by atoms with van der Waals surface area (Å²) in [5, 5.41) is 6.72. The van der Waals surface area contributed by atoms with Gasteiger partial charge in [-0.3, -0.25) is 4.79 Å². The minimum atomic E-state index is -0.774. The minimum Gasteiger partial charge on any atom is -0.365 e. The molecule has 1 aromatic carbocycles. The van der Waals surface area contributed by atoms with E-state index >= 15 is 0 Å². The Balaban J connectivity index is 1.62. The van der Waals surface area contributed by atoms with E-state index in [9.17, 15) is 9.18 Å². The fraction of sp³-hybridized carbons (Fsp3) is 0.412. The van der Waals surface area contributed by atoms with E-state index in [2.05, 4.69) is 10.5 Å². The van der Waals surface area contributed by atoms with Crippen LogP contribution in [0.3, 0.4) is 0 Å². The van der Waals surface area contributed by atoms with E-state index in [4.69, 9.17) is 9.26 Å². The average Bonchev–Trinajstić information content (AvgIpc) is 3.02. The van der Waals surface area contributed by atoms with E-state index < -0.39 is 5.60 Å². The number of amides is 1. The van der Waals surface area contributed by atoms with Gasteiger partial charge in [-0.1, -0.05) is 17.3 Å². The zero-order valence-corrected chi connectivity index (χ0v) is 13.0. The Morgan fingerprint density at radius 3 is 3.00 bits per heavy atom. The van der Waals surface area contributed by atoms with Gasteiger partial charge < -0.3 is 14.6 Å². The van der Waals surface area contributed by atoms with Crippen LogP contribution in [0.2, 0.25) is 0 Å². The highest BCUT2D eigenvalue weighted by molar-refractivity contribution is 5.84. The predicted molar refractivity (Wildman–Crippen MR) is 82.0 cm³/mol. The van der Waals surface area contributed by atoms with Crippen LogP contribution in [0.15, 0.2) is 34.9 Å². The SMILES string of the molecule is CC1(C(=O)NCc2cc(-c3cccc(F)c3)no2)CCCCO1. The van der Waals surface area contributed by atoms with Crippen LogP contribution in [0.1, 0.15) is 31.9 Å². The third kappa shape index (κ3) is 3.59. The maximum Gasteiger partial charge on any atom is 0.252 e. The molecule has 0 aliphatic carbocycles. The molecule has 0 saturated carbocycles. The topological polar surface area (TPSA) is 64.4 Å². The highest BCUT2D eigenvalue weighted by Gasteiger charge is 2.35. The quantitative estimate of drug-likeness (QED) is 0.941. The fourth-order valence-electron chi connectivity index (χ4n) is 2.65. The molecule has 1 saturated heterocycles. The Hall–Kier alpha value is -2.21. The van der Waals surface area contributed by atoms with E-state index in [1.807, 2.05) is 0 Å². The van der Waals surface area contributed by atoms with Crippen molar-refractivity contribution in [3.05, 3.63) is 41.9 Å². The number of ether oxygens (including phenoxy) is 1. The standard InChI is InChI=1S/C17H19FN2O3/c1-17(7-2-3-8-22-17)16(21)19-11-14-10-15(20-23-14)12-5-4-6-13(18)9-12/h4-6,9-10H,2-3,7-8,11H2,1H3,(H,19,21). The monoisotopic (exact) mass is 318 g/mol. The predicted octanol–water partition coefficient (Wildman–Crippen LogP) is 3.06. The molecule has 1 unspecified atom stereocenters. The molecule has 122 valence electrons. The lowest BCUT2D eigenvalue weighted by atomic mass is 9.95. The van der Waals surface area contributed by atoms with Crippen molar-refractivity contribution in [2.24, 2.45) is 0 Å². The molecule has 1 aromatic heterocycles. The molecule has 1 aliphatic rings. The zero-order valence-electron chi connectivity index (χ0n) is 13.0. The molecule has 1 atom stereocenters. The first-order valence-corrected chi connectivity index (χ1v) is 7.71. The normalized spacial score (nSPS) is 21.1. The van der Waals surface area contributed by atoms with Crippen molar-refractivity contribution in [3.63, 3.8) is 0 Å². The van der Waals surface area contributed by atoms with Crippen LogP contribution in [0, 0.1) is 5.82 Å². The Morgan fingerprint density at radius 1 is 1.39 bits per heavy atom. The Bertz CT molecular complexity index is 693. The van der Waals surface area contributed by atoms with Gasteiger partial charge in [0, 0.05) is 18.2 Å². The molecule has 2 heterocycles. The number of nitrogens with zero attached hydrogens (tertiary/aromatic N) is 1. The van der Waals surface area contributed by atoms with Crippen molar-refractivity contribution in [2.45, 2.75) is 38.3 Å². The number of hydrogen-bond acceptors (Lipinski definition) is 4. The molecule has 3 rings (SSSR count). The van der Waals surface area contributed by atoms with Gasteiger partial charge in [-0.05, 0) is 38.3 Å². The van der Waals surface area contributed by atoms with Crippen molar-refractivity contribution >= 4 is 5.91 Å². The van der Waals surface area contributed by atoms with Gasteiger partial charge >= 0.3 is 0 Å². The molecule has 0 radical (unpaired) electrons. The average molecular weight is 318 g/mol. The number of benzene rings is 1. The van der Waals surface area contributed by atoms with Crippen LogP contribution in [-0.2, 0) is 16.1 Å². The molecule has 23 heavy (non-hydrogen) atoms. The second kappa shape index (κ2) is 6.50. The zero-order chi connectivity index (χ0) is 16.3. The van der Waals surface area contributed by atoms with E-state index in [0.29, 0.717) is 30.0 Å². The number of carbonyl (C=O) groups is 1. The van der Waals surface area contributed by atoms with Crippen LogP contribution >= 0.6 is 0 Å². The highest BCUT2D eigenvalue weighted by atomic mass is 19.1. The highest BCUT2D eigenvalue weighted by Crippen LogP contribution is 2.25. The van der Waals surface area contributed by atoms with Gasteiger partial charge in [-0.2, -0.15) is 0 Å². The van der Waals surface area contributed by atoms with Crippen LogP contribution in [-0.4, -0.2) is 23.3 Å². The maximum absolute atomic E-state index is 13.2. The summed E-state index contributed by atoms with van der Waals surface area (Å²) >= 11 is 0. The minimum absolute atomic E-state index is 0.152. The van der Waals surface area contributed by atoms with E-state index in [0.717, 1.165) is 12.8 Å². The third-order valence-corrected chi connectivity index (χ3v) is 4.05. The summed E-state index contributed by atoms with van der Waals surface area (Å²) in [6.45, 7) is 2.64. The lowest BCUT2D eigenvalue weighted by Crippen LogP contribution is -2.48. The summed E-state index contributed by atoms with van der Waals surface area (Å²) in [5.41, 5.74) is 0.395. The molecule has 1 fully saturated rings. The summed E-state index contributed by atoms with van der Waals surface area (Å²) in [6.07, 6.45) is 2.68. The second-order valence-electron chi connectivity index (χ2n) is 5.91. The second-order valence-corrected chi connectivity index (χ2v) is 5.91. The van der Waals surface area contributed by atoms with Crippen molar-refractivity contribution in [2.75, 3.05) is 6.61 Å². The first-order chi connectivity index (χ1) is 11.1. The number of halogens is 1. The maximum atomic E-state index is 13.2. The molecular formula is C17H19FN2O3. The van der Waals surface area contributed by atoms with Gasteiger partial charge in [-0.15, -0.1) is 0 Å². The Kier molecular flexibility index (Phi) is 4.43. The van der Waals surface area contributed by atoms with Crippen LogP contribution in [0.4, 0.5) is 4.39 Å². The number of hydrogen-bond donors (Lipinski definition) is 1. The summed E-state index contributed by atoms with van der Waals surface area (Å²) in [4.78, 5) is 12.3. The Labute approximate surface area is 133 Å². The molecule has 2 aromatic rings. The molecule has 1 aliphatic heterocycles. The summed E-state index contributed by atoms with van der Waals surface area (Å²) in [6, 6.07) is 7.81. The summed E-state index contributed by atoms with van der Waals surface area (Å²) in [5.74, 6) is 0.0284. The van der Waals surface area contributed by atoms with Gasteiger partial charge in [0.2, 0.25) is 0 Å². The van der Waals surface area contributed by atoms with Gasteiger partial charge in [0.15, 0.2) is 5.76 Å².